The van der Waals surface area contributed by atoms with Crippen LogP contribution >= 0.6 is 0 Å². The summed E-state index contributed by atoms with van der Waals surface area (Å²) in [5.74, 6) is 0. The maximum absolute atomic E-state index is 3.40. The lowest BCUT2D eigenvalue weighted by Gasteiger charge is -2.31. The first kappa shape index (κ1) is 14.5. The minimum atomic E-state index is 0.489. The number of rotatable bonds is 5. The Labute approximate surface area is 117 Å². The van der Waals surface area contributed by atoms with Gasteiger partial charge in [-0.3, -0.25) is 9.80 Å². The van der Waals surface area contributed by atoms with Crippen LogP contribution < -0.4 is 5.32 Å². The van der Waals surface area contributed by atoms with Crippen LogP contribution in [-0.2, 0) is 0 Å². The molecule has 1 unspecified atom stereocenters. The Morgan fingerprint density at radius 3 is 2.47 bits per heavy atom. The van der Waals surface area contributed by atoms with E-state index >= 15 is 0 Å². The molecule has 1 saturated heterocycles. The molecule has 1 aromatic carbocycles. The molecule has 1 aromatic rings. The first-order valence-electron chi connectivity index (χ1n) is 7.36. The third-order valence-corrected chi connectivity index (χ3v) is 4.20. The Balaban J connectivity index is 1.81. The molecule has 1 aliphatic heterocycles. The minimum absolute atomic E-state index is 0.489. The number of nitrogens with one attached hydrogen (secondary N) is 1. The van der Waals surface area contributed by atoms with Crippen LogP contribution in [0.25, 0.3) is 0 Å². The molecule has 0 aromatic heterocycles. The van der Waals surface area contributed by atoms with Gasteiger partial charge in [0, 0.05) is 45.3 Å². The quantitative estimate of drug-likeness (QED) is 0.873. The van der Waals surface area contributed by atoms with E-state index in [1.54, 1.807) is 0 Å². The van der Waals surface area contributed by atoms with Crippen molar-refractivity contribution < 1.29 is 0 Å². The lowest BCUT2D eigenvalue weighted by molar-refractivity contribution is 0.183. The van der Waals surface area contributed by atoms with E-state index in [1.807, 2.05) is 0 Å². The smallest absolute Gasteiger partial charge is 0.0317 e. The monoisotopic (exact) mass is 261 g/mol. The van der Waals surface area contributed by atoms with Crippen molar-refractivity contribution >= 4 is 0 Å². The van der Waals surface area contributed by atoms with Crippen LogP contribution in [0, 0.1) is 6.92 Å². The highest BCUT2D eigenvalue weighted by molar-refractivity contribution is 5.23. The zero-order valence-corrected chi connectivity index (χ0v) is 12.5. The molecule has 1 N–H and O–H groups in total. The Morgan fingerprint density at radius 2 is 1.84 bits per heavy atom. The molecular formula is C16H27N3. The summed E-state index contributed by atoms with van der Waals surface area (Å²) in [6.45, 7) is 11.4. The van der Waals surface area contributed by atoms with Crippen LogP contribution in [0.5, 0.6) is 0 Å². The predicted octanol–water partition coefficient (Wildman–Crippen LogP) is 1.89. The van der Waals surface area contributed by atoms with Gasteiger partial charge in [0.15, 0.2) is 0 Å². The van der Waals surface area contributed by atoms with E-state index in [-0.39, 0.29) is 0 Å². The van der Waals surface area contributed by atoms with Crippen molar-refractivity contribution in [3.05, 3.63) is 35.4 Å². The molecular weight excluding hydrogens is 234 g/mol. The van der Waals surface area contributed by atoms with E-state index in [0.29, 0.717) is 6.04 Å². The largest absolute Gasteiger partial charge is 0.314 e. The van der Waals surface area contributed by atoms with Crippen molar-refractivity contribution in [2.45, 2.75) is 19.9 Å². The standard InChI is InChI=1S/C16H27N3/c1-14-4-6-16(7-5-14)15(2)18(3)12-13-19-10-8-17-9-11-19/h4-7,15,17H,8-13H2,1-3H3. The summed E-state index contributed by atoms with van der Waals surface area (Å²) in [7, 11) is 2.23. The average Bonchev–Trinajstić information content (AvgIpc) is 2.46. The Hall–Kier alpha value is -0.900. The Kier molecular flexibility index (Phi) is 5.37. The molecule has 0 spiro atoms. The van der Waals surface area contributed by atoms with E-state index in [0.717, 1.165) is 19.6 Å². The van der Waals surface area contributed by atoms with Gasteiger partial charge in [-0.1, -0.05) is 29.8 Å². The molecule has 1 aliphatic rings. The second-order valence-corrected chi connectivity index (χ2v) is 5.66. The van der Waals surface area contributed by atoms with Gasteiger partial charge in [0.1, 0.15) is 0 Å². The number of piperazine rings is 1. The molecule has 0 radical (unpaired) electrons. The summed E-state index contributed by atoms with van der Waals surface area (Å²) in [5.41, 5.74) is 2.74. The van der Waals surface area contributed by atoms with Crippen molar-refractivity contribution in [1.82, 2.24) is 15.1 Å². The van der Waals surface area contributed by atoms with Gasteiger partial charge >= 0.3 is 0 Å². The van der Waals surface area contributed by atoms with Crippen molar-refractivity contribution in [1.29, 1.82) is 0 Å². The summed E-state index contributed by atoms with van der Waals surface area (Å²) in [6.07, 6.45) is 0. The molecule has 1 fully saturated rings. The van der Waals surface area contributed by atoms with Crippen LogP contribution in [0.4, 0.5) is 0 Å². The number of nitrogens with zero attached hydrogens (tertiary/aromatic N) is 2. The fourth-order valence-electron chi connectivity index (χ4n) is 2.53. The molecule has 3 heteroatoms. The van der Waals surface area contributed by atoms with E-state index < -0.39 is 0 Å². The van der Waals surface area contributed by atoms with Crippen molar-refractivity contribution in [3.8, 4) is 0 Å². The maximum atomic E-state index is 3.40. The lowest BCUT2D eigenvalue weighted by Crippen LogP contribution is -2.46. The van der Waals surface area contributed by atoms with Crippen LogP contribution in [0.1, 0.15) is 24.1 Å². The van der Waals surface area contributed by atoms with E-state index in [4.69, 9.17) is 0 Å². The fourth-order valence-corrected chi connectivity index (χ4v) is 2.53. The van der Waals surface area contributed by atoms with Crippen molar-refractivity contribution in [2.24, 2.45) is 0 Å². The highest BCUT2D eigenvalue weighted by atomic mass is 15.2. The molecule has 1 heterocycles. The van der Waals surface area contributed by atoms with E-state index in [9.17, 15) is 0 Å². The topological polar surface area (TPSA) is 18.5 Å². The third-order valence-electron chi connectivity index (χ3n) is 4.20. The second kappa shape index (κ2) is 7.04. The number of aryl methyl sites for hydroxylation is 1. The summed E-state index contributed by atoms with van der Waals surface area (Å²) in [6, 6.07) is 9.40. The maximum Gasteiger partial charge on any atom is 0.0317 e. The van der Waals surface area contributed by atoms with Crippen LogP contribution in [-0.4, -0.2) is 56.1 Å². The number of benzene rings is 1. The molecule has 2 rings (SSSR count). The molecule has 0 aliphatic carbocycles. The zero-order chi connectivity index (χ0) is 13.7. The minimum Gasteiger partial charge on any atom is -0.314 e. The molecule has 0 amide bonds. The Morgan fingerprint density at radius 1 is 1.21 bits per heavy atom. The van der Waals surface area contributed by atoms with Gasteiger partial charge in [-0.05, 0) is 26.5 Å². The molecule has 3 nitrogen and oxygen atoms in total. The summed E-state index contributed by atoms with van der Waals surface area (Å²) < 4.78 is 0. The summed E-state index contributed by atoms with van der Waals surface area (Å²) in [5, 5.41) is 3.40. The Bertz CT molecular complexity index is 368. The first-order valence-corrected chi connectivity index (χ1v) is 7.36. The highest BCUT2D eigenvalue weighted by Crippen LogP contribution is 2.18. The van der Waals surface area contributed by atoms with Gasteiger partial charge in [0.25, 0.3) is 0 Å². The van der Waals surface area contributed by atoms with Gasteiger partial charge in [0.05, 0.1) is 0 Å². The predicted molar refractivity (Wildman–Crippen MR) is 81.5 cm³/mol. The lowest BCUT2D eigenvalue weighted by atomic mass is 10.1. The van der Waals surface area contributed by atoms with Crippen LogP contribution in [0.3, 0.4) is 0 Å². The van der Waals surface area contributed by atoms with Crippen molar-refractivity contribution in [3.63, 3.8) is 0 Å². The van der Waals surface area contributed by atoms with E-state index in [2.05, 4.69) is 60.3 Å². The zero-order valence-electron chi connectivity index (χ0n) is 12.5. The highest BCUT2D eigenvalue weighted by Gasteiger charge is 2.14. The summed E-state index contributed by atoms with van der Waals surface area (Å²) >= 11 is 0. The van der Waals surface area contributed by atoms with Gasteiger partial charge in [-0.25, -0.2) is 0 Å². The molecule has 19 heavy (non-hydrogen) atoms. The molecule has 1 atom stereocenters. The molecule has 106 valence electrons. The third kappa shape index (κ3) is 4.30. The fraction of sp³-hybridized carbons (Fsp3) is 0.625. The number of likely N-dealkylation sites (N-methyl/N-ethyl adjacent to an activating group) is 1. The van der Waals surface area contributed by atoms with Gasteiger partial charge in [-0.2, -0.15) is 0 Å². The van der Waals surface area contributed by atoms with Gasteiger partial charge in [0.2, 0.25) is 0 Å². The normalized spacial score (nSPS) is 18.7. The van der Waals surface area contributed by atoms with Gasteiger partial charge in [-0.15, -0.1) is 0 Å². The summed E-state index contributed by atoms with van der Waals surface area (Å²) in [4.78, 5) is 5.00. The molecule has 0 bridgehead atoms. The van der Waals surface area contributed by atoms with Crippen LogP contribution in [0.2, 0.25) is 0 Å². The SMILES string of the molecule is Cc1ccc(C(C)N(C)CCN2CCNCC2)cc1. The molecule has 0 saturated carbocycles. The first-order chi connectivity index (χ1) is 9.16. The van der Waals surface area contributed by atoms with Crippen LogP contribution in [0.15, 0.2) is 24.3 Å². The van der Waals surface area contributed by atoms with E-state index in [1.165, 1.54) is 30.8 Å². The van der Waals surface area contributed by atoms with Crippen molar-refractivity contribution in [2.75, 3.05) is 46.3 Å². The second-order valence-electron chi connectivity index (χ2n) is 5.66. The van der Waals surface area contributed by atoms with Gasteiger partial charge < -0.3 is 5.32 Å². The number of hydrogen-bond donors (Lipinski definition) is 1. The number of hydrogen-bond acceptors (Lipinski definition) is 3. The average molecular weight is 261 g/mol.